The lowest BCUT2D eigenvalue weighted by Crippen LogP contribution is -2.36. The van der Waals surface area contributed by atoms with Crippen LogP contribution < -0.4 is 10.6 Å². The molecule has 2 aliphatic rings. The van der Waals surface area contributed by atoms with Gasteiger partial charge in [-0.05, 0) is 30.2 Å². The molecule has 2 fully saturated rings. The Morgan fingerprint density at radius 3 is 2.43 bits per heavy atom. The minimum Gasteiger partial charge on any atom is -0.378 e. The SMILES string of the molecule is CC(=O)N1CCC(S(=O)(=O)c2cc(-c3cnc(N)nc3)cc(N3CCOCC3)c2)C1. The van der Waals surface area contributed by atoms with E-state index < -0.39 is 15.1 Å². The van der Waals surface area contributed by atoms with Crippen LogP contribution in [0.3, 0.4) is 0 Å². The normalized spacial score (nSPS) is 19.8. The summed E-state index contributed by atoms with van der Waals surface area (Å²) in [4.78, 5) is 23.7. The number of nitrogens with two attached hydrogens (primary N) is 1. The van der Waals surface area contributed by atoms with Crippen LogP contribution in [0.15, 0.2) is 35.5 Å². The van der Waals surface area contributed by atoms with Crippen LogP contribution in [0.4, 0.5) is 11.6 Å². The molecule has 10 heteroatoms. The third-order valence-electron chi connectivity index (χ3n) is 5.63. The number of benzene rings is 1. The molecule has 1 unspecified atom stereocenters. The summed E-state index contributed by atoms with van der Waals surface area (Å²) in [7, 11) is -3.62. The Bertz CT molecular complexity index is 1040. The van der Waals surface area contributed by atoms with E-state index >= 15 is 0 Å². The first-order valence-electron chi connectivity index (χ1n) is 9.89. The second-order valence-corrected chi connectivity index (χ2v) is 9.79. The molecule has 0 radical (unpaired) electrons. The van der Waals surface area contributed by atoms with Gasteiger partial charge in [0.25, 0.3) is 0 Å². The second-order valence-electron chi connectivity index (χ2n) is 7.57. The molecule has 1 atom stereocenters. The number of nitrogen functional groups attached to an aromatic ring is 1. The molecule has 160 valence electrons. The minimum atomic E-state index is -3.62. The van der Waals surface area contributed by atoms with E-state index in [4.69, 9.17) is 10.5 Å². The van der Waals surface area contributed by atoms with Crippen LogP contribution >= 0.6 is 0 Å². The summed E-state index contributed by atoms with van der Waals surface area (Å²) < 4.78 is 32.3. The lowest BCUT2D eigenvalue weighted by Gasteiger charge is -2.29. The fraction of sp³-hybridized carbons (Fsp3) is 0.450. The van der Waals surface area contributed by atoms with E-state index in [-0.39, 0.29) is 23.3 Å². The summed E-state index contributed by atoms with van der Waals surface area (Å²) in [5.74, 6) is 0.0562. The zero-order valence-electron chi connectivity index (χ0n) is 16.8. The Balaban J connectivity index is 1.75. The number of carbonyl (C=O) groups is 1. The first-order chi connectivity index (χ1) is 14.3. The van der Waals surface area contributed by atoms with Gasteiger partial charge in [0.05, 0.1) is 23.4 Å². The highest BCUT2D eigenvalue weighted by Crippen LogP contribution is 2.32. The standard InChI is InChI=1S/C20H25N5O4S/c1-14(26)25-3-2-18(13-25)30(27,28)19-9-15(16-11-22-20(21)23-12-16)8-17(10-19)24-4-6-29-7-5-24/h8-12,18H,2-7,13H2,1H3,(H2,21,22,23). The van der Waals surface area contributed by atoms with Crippen molar-refractivity contribution in [2.24, 2.45) is 0 Å². The van der Waals surface area contributed by atoms with E-state index in [1.165, 1.54) is 6.92 Å². The van der Waals surface area contributed by atoms with Crippen LogP contribution in [0.25, 0.3) is 11.1 Å². The Morgan fingerprint density at radius 2 is 1.80 bits per heavy atom. The summed E-state index contributed by atoms with van der Waals surface area (Å²) in [5, 5.41) is -0.614. The summed E-state index contributed by atoms with van der Waals surface area (Å²) in [6.07, 6.45) is 3.61. The van der Waals surface area contributed by atoms with Gasteiger partial charge in [0.15, 0.2) is 9.84 Å². The van der Waals surface area contributed by atoms with Crippen molar-refractivity contribution < 1.29 is 17.9 Å². The van der Waals surface area contributed by atoms with E-state index in [9.17, 15) is 13.2 Å². The third kappa shape index (κ3) is 4.10. The number of morpholine rings is 1. The smallest absolute Gasteiger partial charge is 0.219 e. The number of ether oxygens (including phenoxy) is 1. The fourth-order valence-corrected chi connectivity index (χ4v) is 5.62. The molecule has 4 rings (SSSR count). The molecule has 0 saturated carbocycles. The first kappa shape index (κ1) is 20.5. The van der Waals surface area contributed by atoms with Gasteiger partial charge < -0.3 is 20.3 Å². The molecular formula is C20H25N5O4S. The topological polar surface area (TPSA) is 119 Å². The molecule has 9 nitrogen and oxygen atoms in total. The molecule has 1 aromatic heterocycles. The van der Waals surface area contributed by atoms with Gasteiger partial charge in [0, 0.05) is 56.7 Å². The van der Waals surface area contributed by atoms with Gasteiger partial charge in [-0.3, -0.25) is 4.79 Å². The van der Waals surface area contributed by atoms with E-state index in [1.54, 1.807) is 29.4 Å². The largest absolute Gasteiger partial charge is 0.378 e. The maximum atomic E-state index is 13.4. The molecular weight excluding hydrogens is 406 g/mol. The number of anilines is 2. The predicted octanol–water partition coefficient (Wildman–Crippen LogP) is 0.957. The number of aromatic nitrogens is 2. The molecule has 2 N–H and O–H groups in total. The van der Waals surface area contributed by atoms with Crippen LogP contribution in [0.5, 0.6) is 0 Å². The molecule has 0 aliphatic carbocycles. The van der Waals surface area contributed by atoms with Crippen LogP contribution in [0.2, 0.25) is 0 Å². The lowest BCUT2D eigenvalue weighted by molar-refractivity contribution is -0.127. The number of rotatable bonds is 4. The molecule has 0 bridgehead atoms. The summed E-state index contributed by atoms with van der Waals surface area (Å²) >= 11 is 0. The molecule has 0 spiro atoms. The van der Waals surface area contributed by atoms with E-state index in [1.807, 2.05) is 6.07 Å². The molecule has 2 aliphatic heterocycles. The van der Waals surface area contributed by atoms with Crippen LogP contribution in [-0.4, -0.2) is 73.8 Å². The first-order valence-corrected chi connectivity index (χ1v) is 11.4. The second kappa shape index (κ2) is 8.19. The highest BCUT2D eigenvalue weighted by molar-refractivity contribution is 7.92. The molecule has 1 aromatic carbocycles. The average molecular weight is 432 g/mol. The highest BCUT2D eigenvalue weighted by Gasteiger charge is 2.35. The zero-order valence-corrected chi connectivity index (χ0v) is 17.6. The quantitative estimate of drug-likeness (QED) is 0.760. The van der Waals surface area contributed by atoms with Crippen molar-refractivity contribution in [1.82, 2.24) is 14.9 Å². The number of hydrogen-bond donors (Lipinski definition) is 1. The van der Waals surface area contributed by atoms with Gasteiger partial charge >= 0.3 is 0 Å². The maximum absolute atomic E-state index is 13.4. The van der Waals surface area contributed by atoms with Gasteiger partial charge in [-0.25, -0.2) is 18.4 Å². The Labute approximate surface area is 175 Å². The van der Waals surface area contributed by atoms with Gasteiger partial charge in [0.2, 0.25) is 11.9 Å². The Hall–Kier alpha value is -2.72. The van der Waals surface area contributed by atoms with E-state index in [2.05, 4.69) is 14.9 Å². The van der Waals surface area contributed by atoms with Crippen molar-refractivity contribution in [3.8, 4) is 11.1 Å². The number of hydrogen-bond acceptors (Lipinski definition) is 8. The lowest BCUT2D eigenvalue weighted by atomic mass is 10.1. The summed E-state index contributed by atoms with van der Waals surface area (Å²) in [5.41, 5.74) is 7.81. The molecule has 3 heterocycles. The van der Waals surface area contributed by atoms with Gasteiger partial charge in [0.1, 0.15) is 0 Å². The van der Waals surface area contributed by atoms with Crippen molar-refractivity contribution in [2.45, 2.75) is 23.5 Å². The maximum Gasteiger partial charge on any atom is 0.219 e. The minimum absolute atomic E-state index is 0.102. The fourth-order valence-electron chi connectivity index (χ4n) is 3.87. The van der Waals surface area contributed by atoms with Gasteiger partial charge in [-0.1, -0.05) is 0 Å². The number of amides is 1. The third-order valence-corrected chi connectivity index (χ3v) is 7.79. The Kier molecular flexibility index (Phi) is 5.61. The number of sulfone groups is 1. The zero-order chi connectivity index (χ0) is 21.3. The predicted molar refractivity (Wildman–Crippen MR) is 113 cm³/mol. The van der Waals surface area contributed by atoms with Gasteiger partial charge in [-0.15, -0.1) is 0 Å². The summed E-state index contributed by atoms with van der Waals surface area (Å²) in [6, 6.07) is 5.32. The van der Waals surface area contributed by atoms with Crippen molar-refractivity contribution in [3.63, 3.8) is 0 Å². The molecule has 30 heavy (non-hydrogen) atoms. The van der Waals surface area contributed by atoms with E-state index in [0.29, 0.717) is 50.4 Å². The number of carbonyl (C=O) groups excluding carboxylic acids is 1. The molecule has 2 saturated heterocycles. The van der Waals surface area contributed by atoms with Crippen LogP contribution in [0, 0.1) is 0 Å². The van der Waals surface area contributed by atoms with Gasteiger partial charge in [-0.2, -0.15) is 0 Å². The van der Waals surface area contributed by atoms with E-state index in [0.717, 1.165) is 5.69 Å². The monoisotopic (exact) mass is 431 g/mol. The summed E-state index contributed by atoms with van der Waals surface area (Å²) in [6.45, 7) is 4.69. The van der Waals surface area contributed by atoms with Crippen molar-refractivity contribution in [3.05, 3.63) is 30.6 Å². The van der Waals surface area contributed by atoms with Crippen molar-refractivity contribution in [1.29, 1.82) is 0 Å². The Morgan fingerprint density at radius 1 is 1.10 bits per heavy atom. The van der Waals surface area contributed by atoms with Crippen molar-refractivity contribution in [2.75, 3.05) is 50.0 Å². The average Bonchev–Trinajstić information content (AvgIpc) is 3.26. The van der Waals surface area contributed by atoms with Crippen LogP contribution in [0.1, 0.15) is 13.3 Å². The number of likely N-dealkylation sites (tertiary alicyclic amines) is 1. The molecule has 2 aromatic rings. The highest BCUT2D eigenvalue weighted by atomic mass is 32.2. The van der Waals surface area contributed by atoms with Crippen LogP contribution in [-0.2, 0) is 19.4 Å². The molecule has 1 amide bonds. The number of nitrogens with zero attached hydrogens (tertiary/aromatic N) is 4. The van der Waals surface area contributed by atoms with Crippen molar-refractivity contribution >= 4 is 27.4 Å².